The summed E-state index contributed by atoms with van der Waals surface area (Å²) < 4.78 is 12.1. The van der Waals surface area contributed by atoms with E-state index in [-0.39, 0.29) is 24.0 Å². The summed E-state index contributed by atoms with van der Waals surface area (Å²) in [5.74, 6) is -0.326. The summed E-state index contributed by atoms with van der Waals surface area (Å²) in [7, 11) is -1.21. The van der Waals surface area contributed by atoms with Gasteiger partial charge in [0.25, 0.3) is 0 Å². The van der Waals surface area contributed by atoms with Gasteiger partial charge in [-0.05, 0) is 24.5 Å². The largest absolute Gasteiger partial charge is 0.368 e. The van der Waals surface area contributed by atoms with Crippen LogP contribution in [0.25, 0.3) is 0 Å². The Labute approximate surface area is 127 Å². The second-order valence-electron chi connectivity index (χ2n) is 5.27. The molecule has 0 aliphatic heterocycles. The van der Waals surface area contributed by atoms with E-state index in [9.17, 15) is 13.8 Å². The van der Waals surface area contributed by atoms with Crippen molar-refractivity contribution in [2.45, 2.75) is 37.6 Å². The van der Waals surface area contributed by atoms with E-state index in [1.807, 2.05) is 32.0 Å². The number of carbonyl (C=O) groups excluding carboxylic acids is 2. The lowest BCUT2D eigenvalue weighted by atomic mass is 10.1. The monoisotopic (exact) mass is 310 g/mol. The number of hydrogen-bond donors (Lipinski definition) is 2. The molecule has 2 atom stereocenters. The SMILES string of the molecule is CC(C)CC(=O)N[C@@H](CC[S@](=O)c1ccccc1)C(N)=O. The summed E-state index contributed by atoms with van der Waals surface area (Å²) in [6.45, 7) is 3.84. The average molecular weight is 310 g/mol. The molecule has 3 N–H and O–H groups in total. The minimum Gasteiger partial charge on any atom is -0.368 e. The molecule has 0 fully saturated rings. The number of hydrogen-bond acceptors (Lipinski definition) is 3. The number of benzene rings is 1. The molecule has 0 spiro atoms. The summed E-state index contributed by atoms with van der Waals surface area (Å²) >= 11 is 0. The highest BCUT2D eigenvalue weighted by Gasteiger charge is 2.19. The molecule has 116 valence electrons. The Balaban J connectivity index is 2.54. The van der Waals surface area contributed by atoms with Gasteiger partial charge >= 0.3 is 0 Å². The van der Waals surface area contributed by atoms with Gasteiger partial charge in [-0.15, -0.1) is 0 Å². The van der Waals surface area contributed by atoms with Crippen molar-refractivity contribution >= 4 is 22.6 Å². The van der Waals surface area contributed by atoms with Gasteiger partial charge in [0.2, 0.25) is 11.8 Å². The number of nitrogens with two attached hydrogens (primary N) is 1. The Kier molecular flexibility index (Phi) is 7.08. The highest BCUT2D eigenvalue weighted by molar-refractivity contribution is 7.85. The van der Waals surface area contributed by atoms with Gasteiger partial charge in [-0.2, -0.15) is 0 Å². The van der Waals surface area contributed by atoms with E-state index in [0.717, 1.165) is 0 Å². The van der Waals surface area contributed by atoms with Crippen LogP contribution in [0.4, 0.5) is 0 Å². The molecular weight excluding hydrogens is 288 g/mol. The van der Waals surface area contributed by atoms with Crippen LogP contribution in [-0.2, 0) is 20.4 Å². The van der Waals surface area contributed by atoms with E-state index >= 15 is 0 Å². The van der Waals surface area contributed by atoms with Crippen molar-refractivity contribution in [3.05, 3.63) is 30.3 Å². The molecule has 1 rings (SSSR count). The normalized spacial score (nSPS) is 13.7. The van der Waals surface area contributed by atoms with Crippen LogP contribution in [-0.4, -0.2) is 27.8 Å². The van der Waals surface area contributed by atoms with Crippen LogP contribution in [0.1, 0.15) is 26.7 Å². The van der Waals surface area contributed by atoms with Crippen molar-refractivity contribution in [2.24, 2.45) is 11.7 Å². The predicted octanol–water partition coefficient (Wildman–Crippen LogP) is 1.20. The fraction of sp³-hybridized carbons (Fsp3) is 0.467. The fourth-order valence-corrected chi connectivity index (χ4v) is 2.97. The van der Waals surface area contributed by atoms with Crippen LogP contribution >= 0.6 is 0 Å². The smallest absolute Gasteiger partial charge is 0.240 e. The third kappa shape index (κ3) is 6.53. The van der Waals surface area contributed by atoms with Gasteiger partial charge in [0, 0.05) is 17.1 Å². The zero-order chi connectivity index (χ0) is 15.8. The quantitative estimate of drug-likeness (QED) is 0.756. The van der Waals surface area contributed by atoms with Gasteiger partial charge in [0.15, 0.2) is 0 Å². The van der Waals surface area contributed by atoms with Crippen LogP contribution in [0, 0.1) is 5.92 Å². The van der Waals surface area contributed by atoms with E-state index in [1.54, 1.807) is 12.1 Å². The van der Waals surface area contributed by atoms with Crippen molar-refractivity contribution in [1.29, 1.82) is 0 Å². The van der Waals surface area contributed by atoms with Crippen LogP contribution in [0.3, 0.4) is 0 Å². The van der Waals surface area contributed by atoms with Crippen molar-refractivity contribution in [2.75, 3.05) is 5.75 Å². The van der Waals surface area contributed by atoms with E-state index in [4.69, 9.17) is 5.73 Å². The maximum absolute atomic E-state index is 12.1. The molecule has 6 heteroatoms. The standard InChI is InChI=1S/C15H22N2O3S/c1-11(2)10-14(18)17-13(15(16)19)8-9-21(20)12-6-4-3-5-7-12/h3-7,11,13H,8-10H2,1-2H3,(H2,16,19)(H,17,18)/t13-,21-/m0/s1. The minimum absolute atomic E-state index is 0.206. The lowest BCUT2D eigenvalue weighted by Crippen LogP contribution is -2.45. The second kappa shape index (κ2) is 8.56. The molecule has 0 saturated heterocycles. The third-order valence-electron chi connectivity index (χ3n) is 2.87. The molecule has 0 aliphatic carbocycles. The average Bonchev–Trinajstić information content (AvgIpc) is 2.42. The van der Waals surface area contributed by atoms with Crippen molar-refractivity contribution in [3.63, 3.8) is 0 Å². The van der Waals surface area contributed by atoms with Crippen molar-refractivity contribution in [3.8, 4) is 0 Å². The summed E-state index contributed by atoms with van der Waals surface area (Å²) in [5.41, 5.74) is 5.29. The summed E-state index contributed by atoms with van der Waals surface area (Å²) in [5, 5.41) is 2.61. The number of rotatable bonds is 8. The fourth-order valence-electron chi connectivity index (χ4n) is 1.82. The lowest BCUT2D eigenvalue weighted by Gasteiger charge is -2.16. The lowest BCUT2D eigenvalue weighted by molar-refractivity contribution is -0.127. The van der Waals surface area contributed by atoms with Crippen molar-refractivity contribution in [1.82, 2.24) is 5.32 Å². The first-order valence-electron chi connectivity index (χ1n) is 6.92. The van der Waals surface area contributed by atoms with Crippen LogP contribution < -0.4 is 11.1 Å². The molecule has 0 aliphatic rings. The van der Waals surface area contributed by atoms with E-state index in [1.165, 1.54) is 0 Å². The Hall–Kier alpha value is -1.69. The Bertz CT molecular complexity index is 503. The maximum atomic E-state index is 12.1. The van der Waals surface area contributed by atoms with Gasteiger partial charge in [0.1, 0.15) is 6.04 Å². The third-order valence-corrected chi connectivity index (χ3v) is 4.27. The zero-order valence-electron chi connectivity index (χ0n) is 12.4. The maximum Gasteiger partial charge on any atom is 0.240 e. The molecule has 5 nitrogen and oxygen atoms in total. The summed E-state index contributed by atoms with van der Waals surface area (Å²) in [6.07, 6.45) is 0.603. The van der Waals surface area contributed by atoms with Gasteiger partial charge in [-0.3, -0.25) is 13.8 Å². The first-order chi connectivity index (χ1) is 9.90. The second-order valence-corrected chi connectivity index (χ2v) is 6.84. The molecular formula is C15H22N2O3S. The predicted molar refractivity (Wildman–Crippen MR) is 82.9 cm³/mol. The molecule has 21 heavy (non-hydrogen) atoms. The number of primary amides is 1. The van der Waals surface area contributed by atoms with Gasteiger partial charge in [-0.25, -0.2) is 0 Å². The van der Waals surface area contributed by atoms with Crippen molar-refractivity contribution < 1.29 is 13.8 Å². The van der Waals surface area contributed by atoms with E-state index < -0.39 is 22.7 Å². The van der Waals surface area contributed by atoms with Gasteiger partial charge < -0.3 is 11.1 Å². The molecule has 0 saturated carbocycles. The highest BCUT2D eigenvalue weighted by Crippen LogP contribution is 2.08. The minimum atomic E-state index is -1.21. The summed E-state index contributed by atoms with van der Waals surface area (Å²) in [4.78, 5) is 23.8. The first-order valence-corrected chi connectivity index (χ1v) is 8.24. The van der Waals surface area contributed by atoms with E-state index in [0.29, 0.717) is 11.3 Å². The molecule has 0 bridgehead atoms. The Morgan fingerprint density at radius 2 is 1.86 bits per heavy atom. The summed E-state index contributed by atoms with van der Waals surface area (Å²) in [6, 6.07) is 8.23. The van der Waals surface area contributed by atoms with Crippen LogP contribution in [0.2, 0.25) is 0 Å². The van der Waals surface area contributed by atoms with E-state index in [2.05, 4.69) is 5.32 Å². The zero-order valence-corrected chi connectivity index (χ0v) is 13.2. The van der Waals surface area contributed by atoms with Gasteiger partial charge in [-0.1, -0.05) is 32.0 Å². The topological polar surface area (TPSA) is 89.3 Å². The molecule has 1 aromatic rings. The van der Waals surface area contributed by atoms with Gasteiger partial charge in [0.05, 0.1) is 10.8 Å². The van der Waals surface area contributed by atoms with Crippen LogP contribution in [0.15, 0.2) is 35.2 Å². The highest BCUT2D eigenvalue weighted by atomic mass is 32.2. The molecule has 0 aromatic heterocycles. The number of nitrogens with one attached hydrogen (secondary N) is 1. The molecule has 0 heterocycles. The Morgan fingerprint density at radius 3 is 2.38 bits per heavy atom. The number of carbonyl (C=O) groups is 2. The van der Waals surface area contributed by atoms with Crippen LogP contribution in [0.5, 0.6) is 0 Å². The molecule has 1 aromatic carbocycles. The Morgan fingerprint density at radius 1 is 1.24 bits per heavy atom. The molecule has 2 amide bonds. The number of amides is 2. The molecule has 0 unspecified atom stereocenters. The first kappa shape index (κ1) is 17.4. The molecule has 0 radical (unpaired) electrons.